The minimum Gasteiger partial charge on any atom is -0.444 e. The highest BCUT2D eigenvalue weighted by Crippen LogP contribution is 2.44. The minimum atomic E-state index is -0.585. The molecule has 2 N–H and O–H groups in total. The fourth-order valence-corrected chi connectivity index (χ4v) is 3.51. The van der Waals surface area contributed by atoms with Crippen molar-refractivity contribution in [3.8, 4) is 6.07 Å². The molecular weight excluding hydrogens is 330 g/mol. The Hall–Kier alpha value is -2.85. The van der Waals surface area contributed by atoms with Gasteiger partial charge in [-0.3, -0.25) is 9.78 Å². The fraction of sp³-hybridized carbons (Fsp3) is 0.421. The molecule has 0 bridgehead atoms. The monoisotopic (exact) mass is 353 g/mol. The van der Waals surface area contributed by atoms with E-state index in [2.05, 4.69) is 11.1 Å². The number of allylic oxidation sites excluding steroid dienone is 1. The van der Waals surface area contributed by atoms with E-state index in [0.29, 0.717) is 12.3 Å². The first-order valence-electron chi connectivity index (χ1n) is 8.58. The summed E-state index contributed by atoms with van der Waals surface area (Å²) >= 11 is 0. The van der Waals surface area contributed by atoms with Gasteiger partial charge in [0.1, 0.15) is 17.7 Å². The number of hydrogen-bond donors (Lipinski definition) is 1. The normalized spacial score (nSPS) is 25.5. The molecule has 3 rings (SSSR count). The zero-order chi connectivity index (χ0) is 18.8. The highest BCUT2D eigenvalue weighted by Gasteiger charge is 2.46. The number of hydrogen-bond acceptors (Lipinski definition) is 6. The van der Waals surface area contributed by atoms with E-state index in [1.165, 1.54) is 0 Å². The smallest absolute Gasteiger partial charge is 0.234 e. The van der Waals surface area contributed by atoms with Gasteiger partial charge >= 0.3 is 0 Å². The van der Waals surface area contributed by atoms with E-state index in [-0.39, 0.29) is 23.4 Å². The molecule has 0 aliphatic carbocycles. The number of aromatic nitrogens is 1. The van der Waals surface area contributed by atoms with Gasteiger partial charge in [0.05, 0.1) is 11.6 Å². The first-order valence-corrected chi connectivity index (χ1v) is 8.58. The van der Waals surface area contributed by atoms with Crippen LogP contribution in [0, 0.1) is 17.2 Å². The number of nitrogens with zero attached hydrogens (tertiary/aromatic N) is 4. The lowest BCUT2D eigenvalue weighted by Crippen LogP contribution is -2.51. The summed E-state index contributed by atoms with van der Waals surface area (Å²) in [6, 6.07) is 5.67. The molecule has 0 spiro atoms. The van der Waals surface area contributed by atoms with Crippen molar-refractivity contribution in [1.82, 2.24) is 14.8 Å². The van der Waals surface area contributed by atoms with Gasteiger partial charge in [-0.25, -0.2) is 0 Å². The van der Waals surface area contributed by atoms with Crippen LogP contribution < -0.4 is 5.73 Å². The lowest BCUT2D eigenvalue weighted by Gasteiger charge is -2.42. The van der Waals surface area contributed by atoms with Crippen LogP contribution in [0.4, 0.5) is 0 Å². The van der Waals surface area contributed by atoms with Crippen molar-refractivity contribution in [2.45, 2.75) is 18.9 Å². The number of carbonyl (C=O) groups is 1. The summed E-state index contributed by atoms with van der Waals surface area (Å²) in [5.74, 6) is -0.498. The molecule has 0 saturated carbocycles. The van der Waals surface area contributed by atoms with E-state index in [9.17, 15) is 10.1 Å². The molecule has 0 saturated heterocycles. The van der Waals surface area contributed by atoms with Crippen molar-refractivity contribution >= 4 is 5.91 Å². The van der Waals surface area contributed by atoms with Crippen LogP contribution in [0.1, 0.15) is 18.4 Å². The third kappa shape index (κ3) is 3.16. The maximum atomic E-state index is 13.3. The quantitative estimate of drug-likeness (QED) is 0.873. The Morgan fingerprint density at radius 1 is 1.35 bits per heavy atom. The summed E-state index contributed by atoms with van der Waals surface area (Å²) < 4.78 is 5.68. The average molecular weight is 353 g/mol. The molecule has 3 atom stereocenters. The lowest BCUT2D eigenvalue weighted by atomic mass is 9.76. The molecule has 0 aromatic carbocycles. The van der Waals surface area contributed by atoms with Crippen molar-refractivity contribution < 1.29 is 9.53 Å². The lowest BCUT2D eigenvalue weighted by molar-refractivity contribution is -0.139. The maximum Gasteiger partial charge on any atom is 0.234 e. The van der Waals surface area contributed by atoms with Crippen LogP contribution in [-0.2, 0) is 9.53 Å². The van der Waals surface area contributed by atoms with Crippen LogP contribution in [0.2, 0.25) is 0 Å². The standard InChI is InChI=1S/C19H23N5O2/c1-12-10-15-17(19(25)24(12)9-8-23(2)3)16(13-4-6-22-7-5-13)14(11-20)18(21)26-15/h4-7,10,12,16-17H,8-9,21H2,1-3H3. The molecule has 136 valence electrons. The van der Waals surface area contributed by atoms with Crippen LogP contribution in [-0.4, -0.2) is 53.9 Å². The van der Waals surface area contributed by atoms with Crippen molar-refractivity contribution in [1.29, 1.82) is 5.26 Å². The van der Waals surface area contributed by atoms with Crippen molar-refractivity contribution in [3.63, 3.8) is 0 Å². The molecule has 2 aliphatic rings. The largest absolute Gasteiger partial charge is 0.444 e. The van der Waals surface area contributed by atoms with Crippen molar-refractivity contribution in [2.24, 2.45) is 11.7 Å². The summed E-state index contributed by atoms with van der Waals surface area (Å²) in [5, 5.41) is 9.63. The van der Waals surface area contributed by atoms with Gasteiger partial charge in [-0.1, -0.05) is 0 Å². The molecule has 1 amide bonds. The Labute approximate surface area is 153 Å². The molecule has 2 aliphatic heterocycles. The number of fused-ring (bicyclic) bond motifs is 1. The van der Waals surface area contributed by atoms with Gasteiger partial charge in [-0.15, -0.1) is 0 Å². The predicted molar refractivity (Wildman–Crippen MR) is 96.2 cm³/mol. The zero-order valence-electron chi connectivity index (χ0n) is 15.2. The highest BCUT2D eigenvalue weighted by atomic mass is 16.5. The van der Waals surface area contributed by atoms with Crippen molar-refractivity contribution in [2.75, 3.05) is 27.2 Å². The Morgan fingerprint density at radius 2 is 2.04 bits per heavy atom. The van der Waals surface area contributed by atoms with Gasteiger partial charge < -0.3 is 20.3 Å². The molecular formula is C19H23N5O2. The number of amides is 1. The van der Waals surface area contributed by atoms with Gasteiger partial charge in [-0.05, 0) is 44.8 Å². The van der Waals surface area contributed by atoms with E-state index in [1.54, 1.807) is 12.4 Å². The second-order valence-corrected chi connectivity index (χ2v) is 6.87. The number of pyridine rings is 1. The molecule has 0 fully saturated rings. The molecule has 26 heavy (non-hydrogen) atoms. The van der Waals surface area contributed by atoms with Gasteiger partial charge in [0, 0.05) is 31.4 Å². The van der Waals surface area contributed by atoms with E-state index in [4.69, 9.17) is 10.5 Å². The third-order valence-corrected chi connectivity index (χ3v) is 4.86. The number of nitrogens with two attached hydrogens (primary N) is 1. The van der Waals surface area contributed by atoms with Gasteiger partial charge in [0.2, 0.25) is 11.8 Å². The molecule has 1 aromatic heterocycles. The zero-order valence-corrected chi connectivity index (χ0v) is 15.2. The predicted octanol–water partition coefficient (Wildman–Crippen LogP) is 1.18. The van der Waals surface area contributed by atoms with E-state index in [1.807, 2.05) is 49.0 Å². The summed E-state index contributed by atoms with van der Waals surface area (Å²) in [5.41, 5.74) is 7.11. The van der Waals surface area contributed by atoms with Crippen LogP contribution in [0.3, 0.4) is 0 Å². The molecule has 7 heteroatoms. The van der Waals surface area contributed by atoms with Gasteiger partial charge in [-0.2, -0.15) is 5.26 Å². The van der Waals surface area contributed by atoms with E-state index < -0.39 is 11.8 Å². The summed E-state index contributed by atoms with van der Waals surface area (Å²) in [4.78, 5) is 21.2. The number of likely N-dealkylation sites (N-methyl/N-ethyl adjacent to an activating group) is 1. The Balaban J connectivity index is 2.05. The molecule has 7 nitrogen and oxygen atoms in total. The SMILES string of the molecule is CC1C=C2OC(N)=C(C#N)C(c3ccncc3)C2C(=O)N1CCN(C)C. The summed E-state index contributed by atoms with van der Waals surface area (Å²) in [7, 11) is 3.95. The van der Waals surface area contributed by atoms with Crippen LogP contribution in [0.15, 0.2) is 47.8 Å². The number of rotatable bonds is 4. The summed E-state index contributed by atoms with van der Waals surface area (Å²) in [6.45, 7) is 3.33. The topological polar surface area (TPSA) is 95.5 Å². The molecule has 3 unspecified atom stereocenters. The van der Waals surface area contributed by atoms with Crippen LogP contribution in [0.5, 0.6) is 0 Å². The van der Waals surface area contributed by atoms with Crippen molar-refractivity contribution in [3.05, 3.63) is 53.4 Å². The molecule has 1 aromatic rings. The van der Waals surface area contributed by atoms with Crippen LogP contribution in [0.25, 0.3) is 0 Å². The van der Waals surface area contributed by atoms with Gasteiger partial charge in [0.15, 0.2) is 0 Å². The molecule has 0 radical (unpaired) electrons. The van der Waals surface area contributed by atoms with E-state index in [0.717, 1.165) is 12.1 Å². The van der Waals surface area contributed by atoms with Gasteiger partial charge in [0.25, 0.3) is 0 Å². The highest BCUT2D eigenvalue weighted by molar-refractivity contribution is 5.85. The number of ether oxygens (including phenoxy) is 1. The van der Waals surface area contributed by atoms with E-state index >= 15 is 0 Å². The Bertz CT molecular complexity index is 794. The Kier molecular flexibility index (Phi) is 4.96. The second-order valence-electron chi connectivity index (χ2n) is 6.87. The number of carbonyl (C=O) groups excluding carboxylic acids is 1. The first-order chi connectivity index (χ1) is 12.4. The molecule has 3 heterocycles. The number of nitriles is 1. The first kappa shape index (κ1) is 18.0. The Morgan fingerprint density at radius 3 is 2.65 bits per heavy atom. The summed E-state index contributed by atoms with van der Waals surface area (Å²) in [6.07, 6.45) is 5.23. The third-order valence-electron chi connectivity index (χ3n) is 4.86. The minimum absolute atomic E-state index is 0.0427. The maximum absolute atomic E-state index is 13.3. The van der Waals surface area contributed by atoms with Crippen LogP contribution >= 0.6 is 0 Å². The second kappa shape index (κ2) is 7.18. The average Bonchev–Trinajstić information content (AvgIpc) is 2.60. The fourth-order valence-electron chi connectivity index (χ4n) is 3.51.